The monoisotopic (exact) mass is 297 g/mol. The molecular weight excluding hydrogens is 274 g/mol. The summed E-state index contributed by atoms with van der Waals surface area (Å²) in [5.41, 5.74) is 1.91. The molecular formula is C15H23NO3S. The van der Waals surface area contributed by atoms with Crippen molar-refractivity contribution in [2.75, 3.05) is 32.1 Å². The summed E-state index contributed by atoms with van der Waals surface area (Å²) < 4.78 is 22.2. The molecule has 0 bridgehead atoms. The molecule has 0 fully saturated rings. The zero-order valence-electron chi connectivity index (χ0n) is 12.4. The summed E-state index contributed by atoms with van der Waals surface area (Å²) in [5.74, 6) is 0.0933. The predicted molar refractivity (Wildman–Crippen MR) is 82.0 cm³/mol. The number of Topliss-reactive ketones (excluding diaryl/α,β-unsaturated/α-hetero) is 1. The average molecular weight is 297 g/mol. The number of carbonyl (C=O) groups is 1. The maximum absolute atomic E-state index is 12.1. The highest BCUT2D eigenvalue weighted by molar-refractivity contribution is 7.90. The van der Waals surface area contributed by atoms with Crippen LogP contribution in [0.3, 0.4) is 0 Å². The predicted octanol–water partition coefficient (Wildman–Crippen LogP) is 1.80. The van der Waals surface area contributed by atoms with Crippen LogP contribution in [0.5, 0.6) is 0 Å². The number of nitrogens with zero attached hydrogens (tertiary/aromatic N) is 1. The van der Waals surface area contributed by atoms with Crippen molar-refractivity contribution in [1.29, 1.82) is 0 Å². The van der Waals surface area contributed by atoms with Gasteiger partial charge in [0.2, 0.25) is 0 Å². The first-order chi connectivity index (χ1) is 9.31. The molecule has 0 radical (unpaired) electrons. The van der Waals surface area contributed by atoms with Crippen LogP contribution in [-0.2, 0) is 16.3 Å². The van der Waals surface area contributed by atoms with Crippen LogP contribution in [0, 0.1) is 0 Å². The molecule has 5 heteroatoms. The van der Waals surface area contributed by atoms with Gasteiger partial charge in [-0.15, -0.1) is 0 Å². The Labute approximate surface area is 121 Å². The van der Waals surface area contributed by atoms with E-state index in [1.165, 1.54) is 11.8 Å². The number of hydrogen-bond acceptors (Lipinski definition) is 4. The zero-order valence-corrected chi connectivity index (χ0v) is 13.2. The van der Waals surface area contributed by atoms with Gasteiger partial charge in [-0.1, -0.05) is 37.6 Å². The summed E-state index contributed by atoms with van der Waals surface area (Å²) in [6.45, 7) is 2.73. The number of likely N-dealkylation sites (N-methyl/N-ethyl adjacent to an activating group) is 1. The number of sulfone groups is 1. The smallest absolute Gasteiger partial charge is 0.176 e. The van der Waals surface area contributed by atoms with Crippen molar-refractivity contribution in [2.24, 2.45) is 0 Å². The van der Waals surface area contributed by atoms with Crippen molar-refractivity contribution in [3.8, 4) is 0 Å². The second-order valence-electron chi connectivity index (χ2n) is 5.24. The minimum absolute atomic E-state index is 0.0176. The Morgan fingerprint density at radius 3 is 2.30 bits per heavy atom. The average Bonchev–Trinajstić information content (AvgIpc) is 2.37. The number of aryl methyl sites for hydroxylation is 1. The Morgan fingerprint density at radius 1 is 1.20 bits per heavy atom. The third-order valence-electron chi connectivity index (χ3n) is 3.07. The minimum atomic E-state index is -2.98. The number of rotatable bonds is 8. The molecule has 0 heterocycles. The van der Waals surface area contributed by atoms with E-state index in [0.717, 1.165) is 12.8 Å². The van der Waals surface area contributed by atoms with Crippen LogP contribution >= 0.6 is 0 Å². The van der Waals surface area contributed by atoms with E-state index in [-0.39, 0.29) is 18.1 Å². The molecule has 1 aromatic carbocycles. The number of benzene rings is 1. The molecule has 0 saturated carbocycles. The summed E-state index contributed by atoms with van der Waals surface area (Å²) in [7, 11) is -1.23. The van der Waals surface area contributed by atoms with E-state index in [2.05, 4.69) is 6.92 Å². The number of carbonyl (C=O) groups excluding carboxylic acids is 1. The quantitative estimate of drug-likeness (QED) is 0.687. The molecule has 0 saturated heterocycles. The lowest BCUT2D eigenvalue weighted by molar-refractivity contribution is 0.0949. The van der Waals surface area contributed by atoms with Crippen LogP contribution < -0.4 is 0 Å². The Kier molecular flexibility index (Phi) is 6.36. The van der Waals surface area contributed by atoms with E-state index in [0.29, 0.717) is 12.1 Å². The largest absolute Gasteiger partial charge is 0.298 e. The summed E-state index contributed by atoms with van der Waals surface area (Å²) in [6, 6.07) is 7.65. The van der Waals surface area contributed by atoms with Gasteiger partial charge in [-0.2, -0.15) is 0 Å². The maximum atomic E-state index is 12.1. The fourth-order valence-electron chi connectivity index (χ4n) is 1.88. The van der Waals surface area contributed by atoms with Gasteiger partial charge in [0, 0.05) is 18.4 Å². The fourth-order valence-corrected chi connectivity index (χ4v) is 2.53. The summed E-state index contributed by atoms with van der Waals surface area (Å²) in [4.78, 5) is 13.8. The molecule has 0 amide bonds. The Hall–Kier alpha value is -1.20. The standard InChI is InChI=1S/C15H23NO3S/c1-4-5-13-6-8-14(9-7-13)15(17)12-16(2)10-11-20(3,18)19/h6-9H,4-5,10-12H2,1-3H3. The van der Waals surface area contributed by atoms with Gasteiger partial charge in [-0.3, -0.25) is 9.69 Å². The highest BCUT2D eigenvalue weighted by atomic mass is 32.2. The van der Waals surface area contributed by atoms with E-state index < -0.39 is 9.84 Å². The van der Waals surface area contributed by atoms with Crippen molar-refractivity contribution in [1.82, 2.24) is 4.90 Å². The Morgan fingerprint density at radius 2 is 1.80 bits per heavy atom. The SMILES string of the molecule is CCCc1ccc(C(=O)CN(C)CCS(C)(=O)=O)cc1. The van der Waals surface area contributed by atoms with E-state index in [9.17, 15) is 13.2 Å². The first-order valence-corrected chi connectivity index (χ1v) is 8.86. The molecule has 1 aromatic rings. The van der Waals surface area contributed by atoms with Crippen LogP contribution in [-0.4, -0.2) is 51.2 Å². The topological polar surface area (TPSA) is 54.5 Å². The molecule has 4 nitrogen and oxygen atoms in total. The molecule has 0 aromatic heterocycles. The lowest BCUT2D eigenvalue weighted by Gasteiger charge is -2.15. The zero-order chi connectivity index (χ0) is 15.2. The lowest BCUT2D eigenvalue weighted by atomic mass is 10.1. The van der Waals surface area contributed by atoms with Gasteiger partial charge >= 0.3 is 0 Å². The Bertz CT molecular complexity index is 535. The third-order valence-corrected chi connectivity index (χ3v) is 4.00. The molecule has 0 aliphatic heterocycles. The molecule has 0 atom stereocenters. The summed E-state index contributed by atoms with van der Waals surface area (Å²) in [5, 5.41) is 0. The van der Waals surface area contributed by atoms with E-state index in [1.807, 2.05) is 24.3 Å². The van der Waals surface area contributed by atoms with Crippen LogP contribution in [0.4, 0.5) is 0 Å². The molecule has 0 spiro atoms. The summed E-state index contributed by atoms with van der Waals surface area (Å²) in [6.07, 6.45) is 3.30. The second-order valence-corrected chi connectivity index (χ2v) is 7.50. The van der Waals surface area contributed by atoms with Gasteiger partial charge in [-0.25, -0.2) is 8.42 Å². The van der Waals surface area contributed by atoms with Crippen molar-refractivity contribution in [3.63, 3.8) is 0 Å². The van der Waals surface area contributed by atoms with E-state index >= 15 is 0 Å². The van der Waals surface area contributed by atoms with Gasteiger partial charge in [0.1, 0.15) is 9.84 Å². The van der Waals surface area contributed by atoms with Gasteiger partial charge in [0.25, 0.3) is 0 Å². The number of ketones is 1. The normalized spacial score (nSPS) is 11.8. The molecule has 0 aliphatic carbocycles. The molecule has 0 unspecified atom stereocenters. The van der Waals surface area contributed by atoms with Crippen LogP contribution in [0.2, 0.25) is 0 Å². The highest BCUT2D eigenvalue weighted by Crippen LogP contribution is 2.08. The molecule has 112 valence electrons. The van der Waals surface area contributed by atoms with Crippen molar-refractivity contribution in [3.05, 3.63) is 35.4 Å². The molecule has 0 aliphatic rings. The number of hydrogen-bond donors (Lipinski definition) is 0. The van der Waals surface area contributed by atoms with Crippen molar-refractivity contribution in [2.45, 2.75) is 19.8 Å². The van der Waals surface area contributed by atoms with Crippen LogP contribution in [0.25, 0.3) is 0 Å². The van der Waals surface area contributed by atoms with Gasteiger partial charge in [0.05, 0.1) is 12.3 Å². The van der Waals surface area contributed by atoms with Crippen LogP contribution in [0.1, 0.15) is 29.3 Å². The molecule has 0 N–H and O–H groups in total. The van der Waals surface area contributed by atoms with Crippen molar-refractivity contribution < 1.29 is 13.2 Å². The van der Waals surface area contributed by atoms with E-state index in [4.69, 9.17) is 0 Å². The lowest BCUT2D eigenvalue weighted by Crippen LogP contribution is -2.30. The van der Waals surface area contributed by atoms with Gasteiger partial charge in [-0.05, 0) is 19.0 Å². The maximum Gasteiger partial charge on any atom is 0.176 e. The van der Waals surface area contributed by atoms with Gasteiger partial charge in [0.15, 0.2) is 5.78 Å². The second kappa shape index (κ2) is 7.55. The first kappa shape index (κ1) is 16.9. The third kappa shape index (κ3) is 6.30. The highest BCUT2D eigenvalue weighted by Gasteiger charge is 2.11. The van der Waals surface area contributed by atoms with Crippen molar-refractivity contribution >= 4 is 15.6 Å². The summed E-state index contributed by atoms with van der Waals surface area (Å²) >= 11 is 0. The first-order valence-electron chi connectivity index (χ1n) is 6.80. The molecule has 20 heavy (non-hydrogen) atoms. The van der Waals surface area contributed by atoms with E-state index in [1.54, 1.807) is 11.9 Å². The van der Waals surface area contributed by atoms with Gasteiger partial charge < -0.3 is 0 Å². The minimum Gasteiger partial charge on any atom is -0.298 e. The molecule has 1 rings (SSSR count). The Balaban J connectivity index is 2.53. The van der Waals surface area contributed by atoms with Crippen LogP contribution in [0.15, 0.2) is 24.3 Å². The fraction of sp³-hybridized carbons (Fsp3) is 0.533.